The molecule has 0 aliphatic carbocycles. The van der Waals surface area contributed by atoms with Gasteiger partial charge >= 0.3 is 0 Å². The van der Waals surface area contributed by atoms with E-state index in [0.29, 0.717) is 13.1 Å². The van der Waals surface area contributed by atoms with E-state index in [1.165, 1.54) is 0 Å². The van der Waals surface area contributed by atoms with Crippen LogP contribution in [0.4, 0.5) is 0 Å². The van der Waals surface area contributed by atoms with E-state index >= 15 is 0 Å². The van der Waals surface area contributed by atoms with E-state index in [9.17, 15) is 9.90 Å². The molecule has 0 radical (unpaired) electrons. The van der Waals surface area contributed by atoms with Crippen LogP contribution in [-0.2, 0) is 11.3 Å². The summed E-state index contributed by atoms with van der Waals surface area (Å²) in [5.41, 5.74) is 2.86. The molecule has 3 rings (SSSR count). The van der Waals surface area contributed by atoms with Crippen molar-refractivity contribution < 1.29 is 14.4 Å². The molecular formula is C19H25N3O3. The lowest BCUT2D eigenvalue weighted by atomic mass is 10.1. The minimum atomic E-state index is -0.742. The first-order chi connectivity index (χ1) is 12.0. The Labute approximate surface area is 148 Å². The maximum absolute atomic E-state index is 12.4. The van der Waals surface area contributed by atoms with Crippen LogP contribution in [-0.4, -0.2) is 52.1 Å². The number of rotatable bonds is 5. The molecular weight excluding hydrogens is 318 g/mol. The number of carbonyl (C=O) groups excluding carboxylic acids is 1. The van der Waals surface area contributed by atoms with Crippen LogP contribution in [0.2, 0.25) is 0 Å². The van der Waals surface area contributed by atoms with E-state index in [1.54, 1.807) is 0 Å². The third kappa shape index (κ3) is 4.27. The monoisotopic (exact) mass is 343 g/mol. The van der Waals surface area contributed by atoms with E-state index in [4.69, 9.17) is 4.52 Å². The SMILES string of the molecule is Cc1noc(C)c1CN1CCN(C(=O)CC(O)c2ccccc2)CC1. The van der Waals surface area contributed by atoms with Gasteiger partial charge in [-0.15, -0.1) is 0 Å². The zero-order valence-electron chi connectivity index (χ0n) is 14.8. The van der Waals surface area contributed by atoms with Crippen molar-refractivity contribution in [3.8, 4) is 0 Å². The third-order valence-corrected chi connectivity index (χ3v) is 4.84. The molecule has 6 heteroatoms. The predicted molar refractivity (Wildman–Crippen MR) is 93.9 cm³/mol. The highest BCUT2D eigenvalue weighted by atomic mass is 16.5. The number of aliphatic hydroxyl groups excluding tert-OH is 1. The van der Waals surface area contributed by atoms with Crippen molar-refractivity contribution in [2.45, 2.75) is 32.9 Å². The van der Waals surface area contributed by atoms with Gasteiger partial charge in [0.2, 0.25) is 5.91 Å². The van der Waals surface area contributed by atoms with Crippen LogP contribution in [0, 0.1) is 13.8 Å². The van der Waals surface area contributed by atoms with E-state index in [0.717, 1.165) is 42.2 Å². The van der Waals surface area contributed by atoms with E-state index in [-0.39, 0.29) is 12.3 Å². The van der Waals surface area contributed by atoms with Crippen molar-refractivity contribution >= 4 is 5.91 Å². The van der Waals surface area contributed by atoms with Gasteiger partial charge < -0.3 is 14.5 Å². The molecule has 1 fully saturated rings. The summed E-state index contributed by atoms with van der Waals surface area (Å²) in [4.78, 5) is 16.6. The number of aromatic nitrogens is 1. The topological polar surface area (TPSA) is 69.8 Å². The van der Waals surface area contributed by atoms with Gasteiger partial charge in [0.1, 0.15) is 5.76 Å². The summed E-state index contributed by atoms with van der Waals surface area (Å²) < 4.78 is 5.21. The number of carbonyl (C=O) groups is 1. The Balaban J connectivity index is 1.49. The number of hydrogen-bond acceptors (Lipinski definition) is 5. The summed E-state index contributed by atoms with van der Waals surface area (Å²) in [5.74, 6) is 0.871. The number of piperazine rings is 1. The highest BCUT2D eigenvalue weighted by molar-refractivity contribution is 5.77. The van der Waals surface area contributed by atoms with Crippen molar-refractivity contribution in [1.29, 1.82) is 0 Å². The first-order valence-corrected chi connectivity index (χ1v) is 8.69. The smallest absolute Gasteiger partial charge is 0.225 e. The standard InChI is InChI=1S/C19H25N3O3/c1-14-17(15(2)25-20-14)13-21-8-10-22(11-9-21)19(24)12-18(23)16-6-4-3-5-7-16/h3-7,18,23H,8-13H2,1-2H3. The van der Waals surface area contributed by atoms with Crippen molar-refractivity contribution in [1.82, 2.24) is 15.0 Å². The molecule has 1 aliphatic rings. The molecule has 1 aliphatic heterocycles. The summed E-state index contributed by atoms with van der Waals surface area (Å²) in [5, 5.41) is 14.2. The van der Waals surface area contributed by atoms with E-state index in [2.05, 4.69) is 10.1 Å². The lowest BCUT2D eigenvalue weighted by Crippen LogP contribution is -2.48. The Morgan fingerprint density at radius 2 is 1.88 bits per heavy atom. The fourth-order valence-electron chi connectivity index (χ4n) is 3.19. The first kappa shape index (κ1) is 17.6. The van der Waals surface area contributed by atoms with Gasteiger partial charge in [-0.1, -0.05) is 35.5 Å². The number of amides is 1. The van der Waals surface area contributed by atoms with Crippen molar-refractivity contribution in [3.63, 3.8) is 0 Å². The largest absolute Gasteiger partial charge is 0.388 e. The third-order valence-electron chi connectivity index (χ3n) is 4.84. The zero-order valence-corrected chi connectivity index (χ0v) is 14.8. The Morgan fingerprint density at radius 1 is 1.20 bits per heavy atom. The Kier molecular flexibility index (Phi) is 5.50. The second-order valence-corrected chi connectivity index (χ2v) is 6.59. The summed E-state index contributed by atoms with van der Waals surface area (Å²) in [7, 11) is 0. The molecule has 1 N–H and O–H groups in total. The maximum Gasteiger partial charge on any atom is 0.225 e. The molecule has 0 saturated carbocycles. The highest BCUT2D eigenvalue weighted by Crippen LogP contribution is 2.19. The van der Waals surface area contributed by atoms with Crippen LogP contribution in [0.15, 0.2) is 34.9 Å². The molecule has 0 spiro atoms. The highest BCUT2D eigenvalue weighted by Gasteiger charge is 2.24. The minimum absolute atomic E-state index is 0.00772. The lowest BCUT2D eigenvalue weighted by Gasteiger charge is -2.35. The van der Waals surface area contributed by atoms with Gasteiger partial charge in [-0.3, -0.25) is 9.69 Å². The molecule has 1 aromatic carbocycles. The van der Waals surface area contributed by atoms with Gasteiger partial charge in [-0.25, -0.2) is 0 Å². The van der Waals surface area contributed by atoms with Crippen molar-refractivity contribution in [3.05, 3.63) is 52.9 Å². The number of aliphatic hydroxyl groups is 1. The Morgan fingerprint density at radius 3 is 2.48 bits per heavy atom. The minimum Gasteiger partial charge on any atom is -0.388 e. The Bertz CT molecular complexity index is 686. The van der Waals surface area contributed by atoms with E-state index in [1.807, 2.05) is 49.1 Å². The number of hydrogen-bond donors (Lipinski definition) is 1. The second-order valence-electron chi connectivity index (χ2n) is 6.59. The zero-order chi connectivity index (χ0) is 17.8. The maximum atomic E-state index is 12.4. The van der Waals surface area contributed by atoms with Gasteiger partial charge in [0.25, 0.3) is 0 Å². The van der Waals surface area contributed by atoms with Crippen LogP contribution in [0.1, 0.15) is 35.1 Å². The molecule has 134 valence electrons. The molecule has 1 unspecified atom stereocenters. The average molecular weight is 343 g/mol. The van der Waals surface area contributed by atoms with Crippen molar-refractivity contribution in [2.75, 3.05) is 26.2 Å². The van der Waals surface area contributed by atoms with Crippen LogP contribution in [0.3, 0.4) is 0 Å². The van der Waals surface area contributed by atoms with Gasteiger partial charge in [-0.2, -0.15) is 0 Å². The quantitative estimate of drug-likeness (QED) is 0.900. The van der Waals surface area contributed by atoms with Crippen LogP contribution >= 0.6 is 0 Å². The molecule has 2 aromatic rings. The van der Waals surface area contributed by atoms with Gasteiger partial charge in [0.15, 0.2) is 0 Å². The average Bonchev–Trinajstić information content (AvgIpc) is 2.95. The van der Waals surface area contributed by atoms with Crippen LogP contribution in [0.5, 0.6) is 0 Å². The van der Waals surface area contributed by atoms with Crippen molar-refractivity contribution in [2.24, 2.45) is 0 Å². The summed E-state index contributed by atoms with van der Waals surface area (Å²) >= 11 is 0. The van der Waals surface area contributed by atoms with Crippen LogP contribution in [0.25, 0.3) is 0 Å². The van der Waals surface area contributed by atoms with Gasteiger partial charge in [-0.05, 0) is 19.4 Å². The molecule has 1 aromatic heterocycles. The Hall–Kier alpha value is -2.18. The fourth-order valence-corrected chi connectivity index (χ4v) is 3.19. The fraction of sp³-hybridized carbons (Fsp3) is 0.474. The summed E-state index contributed by atoms with van der Waals surface area (Å²) in [6.45, 7) is 7.69. The van der Waals surface area contributed by atoms with Gasteiger partial charge in [0, 0.05) is 38.3 Å². The second kappa shape index (κ2) is 7.80. The number of benzene rings is 1. The predicted octanol–water partition coefficient (Wildman–Crippen LogP) is 2.06. The molecule has 1 atom stereocenters. The number of aryl methyl sites for hydroxylation is 2. The van der Waals surface area contributed by atoms with E-state index < -0.39 is 6.10 Å². The lowest BCUT2D eigenvalue weighted by molar-refractivity contribution is -0.135. The molecule has 0 bridgehead atoms. The molecule has 2 heterocycles. The normalized spacial score (nSPS) is 16.8. The summed E-state index contributed by atoms with van der Waals surface area (Å²) in [6, 6.07) is 9.34. The molecule has 1 saturated heterocycles. The summed E-state index contributed by atoms with van der Waals surface area (Å²) in [6.07, 6.45) is -0.609. The molecule has 6 nitrogen and oxygen atoms in total. The van der Waals surface area contributed by atoms with Crippen LogP contribution < -0.4 is 0 Å². The first-order valence-electron chi connectivity index (χ1n) is 8.69. The van der Waals surface area contributed by atoms with Gasteiger partial charge in [0.05, 0.1) is 18.2 Å². The molecule has 1 amide bonds. The number of nitrogens with zero attached hydrogens (tertiary/aromatic N) is 3. The molecule has 25 heavy (non-hydrogen) atoms.